The molecule has 0 saturated carbocycles. The van der Waals surface area contributed by atoms with Gasteiger partial charge in [-0.05, 0) is 29.8 Å². The summed E-state index contributed by atoms with van der Waals surface area (Å²) in [4.78, 5) is 30.8. The maximum absolute atomic E-state index is 13.9. The Kier molecular flexibility index (Phi) is 8.54. The van der Waals surface area contributed by atoms with Gasteiger partial charge in [-0.1, -0.05) is 50.6 Å². The number of carbonyl (C=O) groups is 2. The molecule has 2 aliphatic heterocycles. The number of hydrogen-bond donors (Lipinski definition) is 0. The van der Waals surface area contributed by atoms with Crippen LogP contribution in [0.2, 0.25) is 5.02 Å². The second kappa shape index (κ2) is 12.0. The van der Waals surface area contributed by atoms with E-state index in [4.69, 9.17) is 30.9 Å². The highest BCUT2D eigenvalue weighted by atomic mass is 35.5. The summed E-state index contributed by atoms with van der Waals surface area (Å²) in [5.74, 6) is 1.64. The summed E-state index contributed by atoms with van der Waals surface area (Å²) in [6.45, 7) is 8.13. The fourth-order valence-corrected chi connectivity index (χ4v) is 6.60. The quantitative estimate of drug-likeness (QED) is 0.400. The van der Waals surface area contributed by atoms with E-state index >= 15 is 0 Å². The van der Waals surface area contributed by atoms with Gasteiger partial charge in [0.1, 0.15) is 12.4 Å². The first-order valence-corrected chi connectivity index (χ1v) is 14.9. The number of benzene rings is 2. The highest BCUT2D eigenvalue weighted by Gasteiger charge is 2.40. The van der Waals surface area contributed by atoms with Crippen LogP contribution in [-0.4, -0.2) is 79.3 Å². The molecule has 11 heteroatoms. The van der Waals surface area contributed by atoms with Crippen molar-refractivity contribution in [1.29, 1.82) is 0 Å². The van der Waals surface area contributed by atoms with Crippen LogP contribution in [0.15, 0.2) is 42.5 Å². The predicted molar refractivity (Wildman–Crippen MR) is 161 cm³/mol. The lowest BCUT2D eigenvalue weighted by molar-refractivity contribution is -0.134. The Morgan fingerprint density at radius 3 is 2.46 bits per heavy atom. The highest BCUT2D eigenvalue weighted by molar-refractivity contribution is 8.00. The van der Waals surface area contributed by atoms with E-state index in [0.29, 0.717) is 54.3 Å². The highest BCUT2D eigenvalue weighted by Crippen LogP contribution is 2.49. The summed E-state index contributed by atoms with van der Waals surface area (Å²) in [6.07, 6.45) is 0. The van der Waals surface area contributed by atoms with Crippen molar-refractivity contribution in [3.05, 3.63) is 64.3 Å². The molecular weight excluding hydrogens is 564 g/mol. The van der Waals surface area contributed by atoms with Gasteiger partial charge in [-0.25, -0.2) is 4.68 Å². The molecule has 3 heterocycles. The Morgan fingerprint density at radius 2 is 1.80 bits per heavy atom. The lowest BCUT2D eigenvalue weighted by Gasteiger charge is -2.30. The number of methoxy groups -OCH3 is 2. The van der Waals surface area contributed by atoms with Crippen molar-refractivity contribution in [2.24, 2.45) is 0 Å². The lowest BCUT2D eigenvalue weighted by atomic mass is 9.87. The van der Waals surface area contributed by atoms with Crippen molar-refractivity contribution >= 4 is 41.0 Å². The van der Waals surface area contributed by atoms with Gasteiger partial charge >= 0.3 is 0 Å². The zero-order valence-corrected chi connectivity index (χ0v) is 25.6. The van der Waals surface area contributed by atoms with Crippen LogP contribution in [0.5, 0.6) is 11.5 Å². The zero-order chi connectivity index (χ0) is 29.3. The van der Waals surface area contributed by atoms with Crippen molar-refractivity contribution in [1.82, 2.24) is 14.7 Å². The van der Waals surface area contributed by atoms with Crippen molar-refractivity contribution in [3.63, 3.8) is 0 Å². The van der Waals surface area contributed by atoms with Gasteiger partial charge in [0.25, 0.3) is 0 Å². The van der Waals surface area contributed by atoms with Crippen LogP contribution in [0.3, 0.4) is 0 Å². The fraction of sp³-hybridized carbons (Fsp3) is 0.433. The molecular formula is C30H35ClN4O5S. The second-order valence-corrected chi connectivity index (χ2v) is 12.5. The number of halogens is 1. The van der Waals surface area contributed by atoms with Gasteiger partial charge in [-0.3, -0.25) is 14.5 Å². The van der Waals surface area contributed by atoms with Gasteiger partial charge < -0.3 is 19.1 Å². The fourth-order valence-electron chi connectivity index (χ4n) is 5.19. The summed E-state index contributed by atoms with van der Waals surface area (Å²) in [7, 11) is 3.20. The molecule has 2 amide bonds. The number of fused-ring (bicyclic) bond motifs is 1. The number of hydrogen-bond acceptors (Lipinski definition) is 7. The molecule has 218 valence electrons. The number of para-hydroxylation sites is 1. The first-order valence-electron chi connectivity index (χ1n) is 13.5. The van der Waals surface area contributed by atoms with E-state index in [2.05, 4.69) is 20.8 Å². The Bertz CT molecular complexity index is 1450. The maximum atomic E-state index is 13.9. The van der Waals surface area contributed by atoms with E-state index in [0.717, 1.165) is 16.8 Å². The number of thioether (sulfide) groups is 1. The molecule has 2 aliphatic rings. The average molecular weight is 599 g/mol. The largest absolute Gasteiger partial charge is 0.493 e. The van der Waals surface area contributed by atoms with Gasteiger partial charge in [0, 0.05) is 24.1 Å². The summed E-state index contributed by atoms with van der Waals surface area (Å²) in [6, 6.07) is 13.2. The van der Waals surface area contributed by atoms with Gasteiger partial charge in [0.2, 0.25) is 11.8 Å². The van der Waals surface area contributed by atoms with E-state index in [1.165, 1.54) is 11.8 Å². The SMILES string of the molecule is COc1ccc([C@H]2SCC(=O)N(CC(=O)N3CCOCC3)c3c2c(C(C)(C)C)nn3-c2ccccc2Cl)cc1OC. The summed E-state index contributed by atoms with van der Waals surface area (Å²) in [5.41, 5.74) is 2.87. The van der Waals surface area contributed by atoms with Gasteiger partial charge in [-0.2, -0.15) is 5.10 Å². The minimum atomic E-state index is -0.390. The minimum Gasteiger partial charge on any atom is -0.493 e. The number of carbonyl (C=O) groups excluding carboxylic acids is 2. The molecule has 2 aromatic carbocycles. The molecule has 9 nitrogen and oxygen atoms in total. The molecule has 0 N–H and O–H groups in total. The van der Waals surface area contributed by atoms with Crippen LogP contribution in [0.25, 0.3) is 5.69 Å². The number of ether oxygens (including phenoxy) is 3. The molecule has 0 spiro atoms. The first kappa shape index (κ1) is 29.3. The third kappa shape index (κ3) is 5.78. The molecule has 41 heavy (non-hydrogen) atoms. The van der Waals surface area contributed by atoms with Crippen molar-refractivity contribution in [2.45, 2.75) is 31.4 Å². The minimum absolute atomic E-state index is 0.106. The molecule has 3 aromatic rings. The Balaban J connectivity index is 1.75. The number of rotatable bonds is 6. The molecule has 0 radical (unpaired) electrons. The van der Waals surface area contributed by atoms with E-state index in [-0.39, 0.29) is 34.8 Å². The molecule has 1 fully saturated rings. The van der Waals surface area contributed by atoms with Crippen molar-refractivity contribution in [3.8, 4) is 17.2 Å². The van der Waals surface area contributed by atoms with Crippen molar-refractivity contribution in [2.75, 3.05) is 57.7 Å². The number of nitrogens with zero attached hydrogens (tertiary/aromatic N) is 4. The monoisotopic (exact) mass is 598 g/mol. The van der Waals surface area contributed by atoms with Crippen LogP contribution < -0.4 is 14.4 Å². The summed E-state index contributed by atoms with van der Waals surface area (Å²) < 4.78 is 18.3. The van der Waals surface area contributed by atoms with Gasteiger partial charge in [0.15, 0.2) is 11.5 Å². The van der Waals surface area contributed by atoms with Crippen LogP contribution in [-0.2, 0) is 19.7 Å². The third-order valence-corrected chi connectivity index (χ3v) is 8.82. The van der Waals surface area contributed by atoms with E-state index in [1.54, 1.807) is 34.8 Å². The number of aromatic nitrogens is 2. The molecule has 1 atom stereocenters. The zero-order valence-electron chi connectivity index (χ0n) is 24.0. The second-order valence-electron chi connectivity index (χ2n) is 11.0. The molecule has 0 aliphatic carbocycles. The first-order chi connectivity index (χ1) is 19.6. The number of anilines is 1. The topological polar surface area (TPSA) is 86.1 Å². The normalized spacial score (nSPS) is 17.7. The molecule has 1 saturated heterocycles. The third-order valence-electron chi connectivity index (χ3n) is 7.25. The predicted octanol–water partition coefficient (Wildman–Crippen LogP) is 4.87. The molecule has 0 unspecified atom stereocenters. The molecule has 5 rings (SSSR count). The number of morpholine rings is 1. The van der Waals surface area contributed by atoms with E-state index in [1.807, 2.05) is 36.4 Å². The summed E-state index contributed by atoms with van der Waals surface area (Å²) in [5, 5.41) is 5.33. The van der Waals surface area contributed by atoms with Gasteiger partial charge in [0.05, 0.1) is 54.8 Å². The smallest absolute Gasteiger partial charge is 0.242 e. The Morgan fingerprint density at radius 1 is 1.10 bits per heavy atom. The Hall–Kier alpha value is -3.21. The van der Waals surface area contributed by atoms with Crippen LogP contribution in [0.1, 0.15) is 42.8 Å². The number of amides is 2. The van der Waals surface area contributed by atoms with E-state index < -0.39 is 0 Å². The molecule has 0 bridgehead atoms. The lowest BCUT2D eigenvalue weighted by Crippen LogP contribution is -2.48. The average Bonchev–Trinajstić information content (AvgIpc) is 3.30. The summed E-state index contributed by atoms with van der Waals surface area (Å²) >= 11 is 8.23. The van der Waals surface area contributed by atoms with E-state index in [9.17, 15) is 9.59 Å². The van der Waals surface area contributed by atoms with Crippen LogP contribution in [0, 0.1) is 0 Å². The molecule has 1 aromatic heterocycles. The Labute approximate surface area is 249 Å². The van der Waals surface area contributed by atoms with Crippen LogP contribution in [0.4, 0.5) is 5.82 Å². The van der Waals surface area contributed by atoms with Crippen molar-refractivity contribution < 1.29 is 23.8 Å². The van der Waals surface area contributed by atoms with Gasteiger partial charge in [-0.15, -0.1) is 11.8 Å². The standard InChI is InChI=1S/C30H35ClN4O5S/c1-30(2,3)28-26-27(19-10-11-22(38-4)23(16-19)39-5)41-18-25(37)34(17-24(36)33-12-14-40-15-13-33)29(26)35(32-28)21-9-7-6-8-20(21)31/h6-11,16,27H,12-15,17-18H2,1-5H3/t27-/m1/s1. The maximum Gasteiger partial charge on any atom is 0.242 e. The van der Waals surface area contributed by atoms with Crippen LogP contribution >= 0.6 is 23.4 Å².